The van der Waals surface area contributed by atoms with E-state index in [1.807, 2.05) is 0 Å². The van der Waals surface area contributed by atoms with E-state index in [4.69, 9.17) is 0 Å². The molecule has 1 aliphatic heterocycles. The van der Waals surface area contributed by atoms with Crippen molar-refractivity contribution in [3.05, 3.63) is 23.3 Å². The van der Waals surface area contributed by atoms with Crippen LogP contribution in [-0.2, 0) is 0 Å². The fourth-order valence-electron chi connectivity index (χ4n) is 2.99. The molecule has 2 atom stereocenters. The van der Waals surface area contributed by atoms with Crippen molar-refractivity contribution < 1.29 is 0 Å². The minimum Gasteiger partial charge on any atom is -0.314 e. The van der Waals surface area contributed by atoms with Gasteiger partial charge in [-0.3, -0.25) is 4.90 Å². The third-order valence-electron chi connectivity index (χ3n) is 3.49. The maximum Gasteiger partial charge on any atom is 0.0369 e. The average molecular weight is 206 g/mol. The molecule has 0 amide bonds. The predicted molar refractivity (Wildman–Crippen MR) is 64.9 cm³/mol. The second-order valence-electron chi connectivity index (χ2n) is 4.89. The van der Waals surface area contributed by atoms with Gasteiger partial charge < -0.3 is 5.32 Å². The maximum atomic E-state index is 3.42. The Morgan fingerprint density at radius 2 is 1.93 bits per heavy atom. The van der Waals surface area contributed by atoms with Crippen molar-refractivity contribution in [1.82, 2.24) is 10.2 Å². The molecule has 0 bridgehead atoms. The van der Waals surface area contributed by atoms with Crippen LogP contribution in [0.25, 0.3) is 0 Å². The normalized spacial score (nSPS) is 33.5. The SMILES string of the molecule is CC1=CC(C)C(N2CCNCC2)C(C)=C1. The summed E-state index contributed by atoms with van der Waals surface area (Å²) in [5.41, 5.74) is 2.95. The molecule has 1 aliphatic carbocycles. The van der Waals surface area contributed by atoms with Gasteiger partial charge in [-0.15, -0.1) is 0 Å². The molecule has 1 fully saturated rings. The van der Waals surface area contributed by atoms with Crippen molar-refractivity contribution in [2.75, 3.05) is 26.2 Å². The first-order chi connectivity index (χ1) is 7.18. The van der Waals surface area contributed by atoms with Crippen LogP contribution in [0.3, 0.4) is 0 Å². The van der Waals surface area contributed by atoms with Crippen LogP contribution in [0.5, 0.6) is 0 Å². The summed E-state index contributed by atoms with van der Waals surface area (Å²) in [7, 11) is 0. The van der Waals surface area contributed by atoms with Gasteiger partial charge in [0.2, 0.25) is 0 Å². The smallest absolute Gasteiger partial charge is 0.0369 e. The van der Waals surface area contributed by atoms with E-state index in [1.165, 1.54) is 24.2 Å². The lowest BCUT2D eigenvalue weighted by Crippen LogP contribution is -2.51. The Morgan fingerprint density at radius 3 is 2.53 bits per heavy atom. The molecule has 0 aromatic carbocycles. The van der Waals surface area contributed by atoms with Gasteiger partial charge in [0.05, 0.1) is 0 Å². The van der Waals surface area contributed by atoms with Crippen LogP contribution in [0, 0.1) is 5.92 Å². The molecule has 15 heavy (non-hydrogen) atoms. The predicted octanol–water partition coefficient (Wildman–Crippen LogP) is 1.80. The van der Waals surface area contributed by atoms with Crippen LogP contribution in [0.2, 0.25) is 0 Å². The number of hydrogen-bond acceptors (Lipinski definition) is 2. The van der Waals surface area contributed by atoms with Gasteiger partial charge in [0.25, 0.3) is 0 Å². The summed E-state index contributed by atoms with van der Waals surface area (Å²) >= 11 is 0. The molecule has 2 nitrogen and oxygen atoms in total. The molecule has 84 valence electrons. The quantitative estimate of drug-likeness (QED) is 0.704. The third-order valence-corrected chi connectivity index (χ3v) is 3.49. The lowest BCUT2D eigenvalue weighted by molar-refractivity contribution is 0.167. The van der Waals surface area contributed by atoms with Crippen molar-refractivity contribution in [3.8, 4) is 0 Å². The van der Waals surface area contributed by atoms with Crippen molar-refractivity contribution in [1.29, 1.82) is 0 Å². The second kappa shape index (κ2) is 4.50. The largest absolute Gasteiger partial charge is 0.314 e. The zero-order valence-electron chi connectivity index (χ0n) is 10.1. The van der Waals surface area contributed by atoms with Crippen molar-refractivity contribution in [3.63, 3.8) is 0 Å². The average Bonchev–Trinajstić information content (AvgIpc) is 2.17. The highest BCUT2D eigenvalue weighted by molar-refractivity contribution is 5.31. The Hall–Kier alpha value is -0.600. The molecule has 2 rings (SSSR count). The van der Waals surface area contributed by atoms with Crippen LogP contribution < -0.4 is 5.32 Å². The Balaban J connectivity index is 2.11. The minimum atomic E-state index is 0.635. The molecule has 0 saturated carbocycles. The summed E-state index contributed by atoms with van der Waals surface area (Å²) in [6, 6.07) is 0.635. The summed E-state index contributed by atoms with van der Waals surface area (Å²) in [6.45, 7) is 11.5. The summed E-state index contributed by atoms with van der Waals surface area (Å²) in [5.74, 6) is 0.660. The third kappa shape index (κ3) is 2.32. The molecule has 0 spiro atoms. The molecule has 2 heteroatoms. The van der Waals surface area contributed by atoms with Gasteiger partial charge in [0.15, 0.2) is 0 Å². The van der Waals surface area contributed by atoms with Crippen molar-refractivity contribution >= 4 is 0 Å². The van der Waals surface area contributed by atoms with E-state index in [0.717, 1.165) is 13.1 Å². The zero-order chi connectivity index (χ0) is 10.8. The van der Waals surface area contributed by atoms with Gasteiger partial charge in [0.1, 0.15) is 0 Å². The van der Waals surface area contributed by atoms with E-state index in [-0.39, 0.29) is 0 Å². The lowest BCUT2D eigenvalue weighted by atomic mass is 9.86. The number of allylic oxidation sites excluding steroid dienone is 2. The number of nitrogens with one attached hydrogen (secondary N) is 1. The first-order valence-corrected chi connectivity index (χ1v) is 6.00. The molecule has 2 unspecified atom stereocenters. The first kappa shape index (κ1) is 10.9. The van der Waals surface area contributed by atoms with Crippen LogP contribution >= 0.6 is 0 Å². The van der Waals surface area contributed by atoms with Gasteiger partial charge >= 0.3 is 0 Å². The topological polar surface area (TPSA) is 15.3 Å². The van der Waals surface area contributed by atoms with E-state index in [1.54, 1.807) is 0 Å². The van der Waals surface area contributed by atoms with E-state index in [9.17, 15) is 0 Å². The standard InChI is InChI=1S/C13H22N2/c1-10-8-11(2)13(12(3)9-10)15-6-4-14-5-7-15/h8-9,11,13-14H,4-7H2,1-3H3. The molecule has 2 aliphatic rings. The highest BCUT2D eigenvalue weighted by Crippen LogP contribution is 2.27. The molecule has 0 aromatic rings. The summed E-state index contributed by atoms with van der Waals surface area (Å²) in [6.07, 6.45) is 4.74. The van der Waals surface area contributed by atoms with E-state index >= 15 is 0 Å². The van der Waals surface area contributed by atoms with E-state index in [2.05, 4.69) is 43.1 Å². The van der Waals surface area contributed by atoms with Gasteiger partial charge in [-0.25, -0.2) is 0 Å². The van der Waals surface area contributed by atoms with Crippen molar-refractivity contribution in [2.24, 2.45) is 5.92 Å². The summed E-state index contributed by atoms with van der Waals surface area (Å²) < 4.78 is 0. The van der Waals surface area contributed by atoms with E-state index in [0.29, 0.717) is 12.0 Å². The number of piperazine rings is 1. The van der Waals surface area contributed by atoms with Gasteiger partial charge in [-0.2, -0.15) is 0 Å². The molecule has 0 radical (unpaired) electrons. The minimum absolute atomic E-state index is 0.635. The molecular formula is C13H22N2. The monoisotopic (exact) mass is 206 g/mol. The Morgan fingerprint density at radius 1 is 1.27 bits per heavy atom. The summed E-state index contributed by atoms with van der Waals surface area (Å²) in [5, 5.41) is 3.42. The van der Waals surface area contributed by atoms with Gasteiger partial charge in [-0.05, 0) is 19.8 Å². The highest BCUT2D eigenvalue weighted by Gasteiger charge is 2.27. The lowest BCUT2D eigenvalue weighted by Gasteiger charge is -2.39. The van der Waals surface area contributed by atoms with E-state index < -0.39 is 0 Å². The molecule has 0 aromatic heterocycles. The van der Waals surface area contributed by atoms with Gasteiger partial charge in [-0.1, -0.05) is 30.2 Å². The van der Waals surface area contributed by atoms with Crippen molar-refractivity contribution in [2.45, 2.75) is 26.8 Å². The first-order valence-electron chi connectivity index (χ1n) is 6.00. The number of hydrogen-bond donors (Lipinski definition) is 1. The van der Waals surface area contributed by atoms with Crippen LogP contribution in [0.4, 0.5) is 0 Å². The number of rotatable bonds is 1. The molecule has 1 heterocycles. The van der Waals surface area contributed by atoms with Crippen LogP contribution in [-0.4, -0.2) is 37.1 Å². The fraction of sp³-hybridized carbons (Fsp3) is 0.692. The number of nitrogens with zero attached hydrogens (tertiary/aromatic N) is 1. The van der Waals surface area contributed by atoms with Crippen LogP contribution in [0.15, 0.2) is 23.3 Å². The van der Waals surface area contributed by atoms with Gasteiger partial charge in [0, 0.05) is 32.2 Å². The Kier molecular flexibility index (Phi) is 3.27. The molecule has 1 N–H and O–H groups in total. The molecular weight excluding hydrogens is 184 g/mol. The fourth-order valence-corrected chi connectivity index (χ4v) is 2.99. The molecule has 1 saturated heterocycles. The second-order valence-corrected chi connectivity index (χ2v) is 4.89. The Labute approximate surface area is 93.0 Å². The van der Waals surface area contributed by atoms with Crippen LogP contribution in [0.1, 0.15) is 20.8 Å². The maximum absolute atomic E-state index is 3.42. The highest BCUT2D eigenvalue weighted by atomic mass is 15.2. The Bertz CT molecular complexity index is 285. The zero-order valence-corrected chi connectivity index (χ0v) is 10.1. The summed E-state index contributed by atoms with van der Waals surface area (Å²) in [4.78, 5) is 2.62.